The molecule has 2 aromatic rings. The Labute approximate surface area is 145 Å². The summed E-state index contributed by atoms with van der Waals surface area (Å²) in [5.74, 6) is 0.0746. The van der Waals surface area contributed by atoms with Crippen molar-refractivity contribution >= 4 is 23.3 Å². The van der Waals surface area contributed by atoms with Crippen LogP contribution in [0.3, 0.4) is 0 Å². The van der Waals surface area contributed by atoms with Gasteiger partial charge in [-0.2, -0.15) is 0 Å². The molecular weight excluding hydrogens is 325 g/mol. The molecule has 0 radical (unpaired) electrons. The first kappa shape index (κ1) is 18.3. The predicted octanol–water partition coefficient (Wildman–Crippen LogP) is 3.29. The van der Waals surface area contributed by atoms with Crippen LogP contribution in [0.4, 0.5) is 20.6 Å². The number of urea groups is 1. The Kier molecular flexibility index (Phi) is 6.33. The molecule has 6 nitrogen and oxygen atoms in total. The van der Waals surface area contributed by atoms with Gasteiger partial charge in [-0.05, 0) is 55.0 Å². The third kappa shape index (κ3) is 5.80. The van der Waals surface area contributed by atoms with Crippen molar-refractivity contribution in [3.05, 3.63) is 53.8 Å². The van der Waals surface area contributed by atoms with Gasteiger partial charge in [-0.15, -0.1) is 0 Å². The number of methoxy groups -OCH3 is 1. The minimum atomic E-state index is -0.407. The molecule has 3 N–H and O–H groups in total. The summed E-state index contributed by atoms with van der Waals surface area (Å²) in [5, 5.41) is 7.93. The van der Waals surface area contributed by atoms with Crippen LogP contribution in [0.2, 0.25) is 0 Å². The van der Waals surface area contributed by atoms with E-state index in [0.29, 0.717) is 22.7 Å². The van der Waals surface area contributed by atoms with Crippen LogP contribution >= 0.6 is 0 Å². The summed E-state index contributed by atoms with van der Waals surface area (Å²) in [6.45, 7) is 1.88. The van der Waals surface area contributed by atoms with Crippen LogP contribution in [0.15, 0.2) is 42.5 Å². The quantitative estimate of drug-likeness (QED) is 0.752. The number of anilines is 2. The summed E-state index contributed by atoms with van der Waals surface area (Å²) in [6.07, 6.45) is 0.104. The number of carbonyl (C=O) groups is 2. The van der Waals surface area contributed by atoms with Crippen molar-refractivity contribution in [2.24, 2.45) is 0 Å². The Bertz CT molecular complexity index is 748. The summed E-state index contributed by atoms with van der Waals surface area (Å²) in [5.41, 5.74) is 1.80. The largest absolute Gasteiger partial charge is 0.497 e. The summed E-state index contributed by atoms with van der Waals surface area (Å²) < 4.78 is 18.1. The molecule has 2 rings (SSSR count). The van der Waals surface area contributed by atoms with Gasteiger partial charge >= 0.3 is 6.03 Å². The maximum atomic E-state index is 13.0. The number of nitrogens with one attached hydrogen (secondary N) is 3. The van der Waals surface area contributed by atoms with E-state index in [1.807, 2.05) is 0 Å². The molecule has 0 bridgehead atoms. The first-order valence-electron chi connectivity index (χ1n) is 7.73. The van der Waals surface area contributed by atoms with E-state index in [2.05, 4.69) is 16.0 Å². The van der Waals surface area contributed by atoms with E-state index in [9.17, 15) is 14.0 Å². The van der Waals surface area contributed by atoms with Crippen molar-refractivity contribution in [1.29, 1.82) is 0 Å². The van der Waals surface area contributed by atoms with Gasteiger partial charge in [0, 0.05) is 24.3 Å². The number of rotatable bonds is 6. The SMILES string of the molecule is COc1ccc(NC(=O)NCCC(=O)Nc2ccc(F)cc2C)cc1. The van der Waals surface area contributed by atoms with Crippen LogP contribution < -0.4 is 20.7 Å². The van der Waals surface area contributed by atoms with Crippen molar-refractivity contribution in [3.8, 4) is 5.75 Å². The van der Waals surface area contributed by atoms with E-state index in [4.69, 9.17) is 4.74 Å². The molecular formula is C18H20FN3O3. The summed E-state index contributed by atoms with van der Waals surface area (Å²) in [4.78, 5) is 23.6. The maximum absolute atomic E-state index is 13.0. The van der Waals surface area contributed by atoms with Crippen LogP contribution in [0.1, 0.15) is 12.0 Å². The zero-order valence-electron chi connectivity index (χ0n) is 14.1. The molecule has 0 saturated heterocycles. The Balaban J connectivity index is 1.73. The van der Waals surface area contributed by atoms with Gasteiger partial charge in [0.2, 0.25) is 5.91 Å². The fraction of sp³-hybridized carbons (Fsp3) is 0.222. The highest BCUT2D eigenvalue weighted by atomic mass is 19.1. The van der Waals surface area contributed by atoms with Gasteiger partial charge in [0.15, 0.2) is 0 Å². The first-order valence-corrected chi connectivity index (χ1v) is 7.73. The first-order chi connectivity index (χ1) is 12.0. The van der Waals surface area contributed by atoms with Gasteiger partial charge < -0.3 is 20.7 Å². The van der Waals surface area contributed by atoms with Gasteiger partial charge in [-0.1, -0.05) is 0 Å². The Morgan fingerprint density at radius 3 is 2.44 bits per heavy atom. The van der Waals surface area contributed by atoms with Crippen LogP contribution in [0.5, 0.6) is 5.75 Å². The van der Waals surface area contributed by atoms with E-state index in [1.165, 1.54) is 18.2 Å². The number of hydrogen-bond donors (Lipinski definition) is 3. The lowest BCUT2D eigenvalue weighted by Gasteiger charge is -2.10. The maximum Gasteiger partial charge on any atom is 0.319 e. The van der Waals surface area contributed by atoms with Crippen molar-refractivity contribution in [2.75, 3.05) is 24.3 Å². The van der Waals surface area contributed by atoms with Gasteiger partial charge in [-0.3, -0.25) is 4.79 Å². The molecule has 7 heteroatoms. The second-order valence-electron chi connectivity index (χ2n) is 5.37. The van der Waals surface area contributed by atoms with Gasteiger partial charge in [-0.25, -0.2) is 9.18 Å². The summed E-state index contributed by atoms with van der Waals surface area (Å²) in [6, 6.07) is 10.6. The Morgan fingerprint density at radius 1 is 1.08 bits per heavy atom. The highest BCUT2D eigenvalue weighted by Crippen LogP contribution is 2.16. The van der Waals surface area contributed by atoms with Crippen LogP contribution in [-0.4, -0.2) is 25.6 Å². The normalized spacial score (nSPS) is 10.0. The zero-order valence-corrected chi connectivity index (χ0v) is 14.1. The fourth-order valence-electron chi connectivity index (χ4n) is 2.12. The molecule has 0 atom stereocenters. The second kappa shape index (κ2) is 8.68. The molecule has 2 aromatic carbocycles. The molecule has 0 aromatic heterocycles. The average Bonchev–Trinajstić information content (AvgIpc) is 2.58. The molecule has 0 unspecified atom stereocenters. The average molecular weight is 345 g/mol. The highest BCUT2D eigenvalue weighted by molar-refractivity contribution is 5.93. The van der Waals surface area contributed by atoms with Crippen molar-refractivity contribution < 1.29 is 18.7 Å². The summed E-state index contributed by atoms with van der Waals surface area (Å²) >= 11 is 0. The number of aryl methyl sites for hydroxylation is 1. The Hall–Kier alpha value is -3.09. The Morgan fingerprint density at radius 2 is 1.80 bits per heavy atom. The standard InChI is InChI=1S/C18H20FN3O3/c1-12-11-13(19)3-8-16(12)22-17(23)9-10-20-18(24)21-14-4-6-15(25-2)7-5-14/h3-8,11H,9-10H2,1-2H3,(H,22,23)(H2,20,21,24). The van der Waals surface area contributed by atoms with Gasteiger partial charge in [0.1, 0.15) is 11.6 Å². The van der Waals surface area contributed by atoms with Crippen molar-refractivity contribution in [2.45, 2.75) is 13.3 Å². The topological polar surface area (TPSA) is 79.5 Å². The molecule has 3 amide bonds. The lowest BCUT2D eigenvalue weighted by molar-refractivity contribution is -0.116. The molecule has 0 saturated carbocycles. The van der Waals surface area contributed by atoms with Gasteiger partial charge in [0.05, 0.1) is 7.11 Å². The van der Waals surface area contributed by atoms with Crippen molar-refractivity contribution in [1.82, 2.24) is 5.32 Å². The third-order valence-corrected chi connectivity index (χ3v) is 3.45. The van der Waals surface area contributed by atoms with E-state index in [-0.39, 0.29) is 24.7 Å². The molecule has 132 valence electrons. The van der Waals surface area contributed by atoms with Crippen LogP contribution in [0.25, 0.3) is 0 Å². The molecule has 25 heavy (non-hydrogen) atoms. The second-order valence-corrected chi connectivity index (χ2v) is 5.37. The molecule has 0 spiro atoms. The number of carbonyl (C=O) groups excluding carboxylic acids is 2. The molecule has 0 aliphatic carbocycles. The van der Waals surface area contributed by atoms with E-state index in [0.717, 1.165) is 0 Å². The van der Waals surface area contributed by atoms with E-state index >= 15 is 0 Å². The van der Waals surface area contributed by atoms with E-state index < -0.39 is 6.03 Å². The number of amides is 3. The molecule has 0 heterocycles. The number of hydrogen-bond acceptors (Lipinski definition) is 3. The van der Waals surface area contributed by atoms with Gasteiger partial charge in [0.25, 0.3) is 0 Å². The minimum Gasteiger partial charge on any atom is -0.497 e. The monoisotopic (exact) mass is 345 g/mol. The highest BCUT2D eigenvalue weighted by Gasteiger charge is 2.07. The molecule has 0 fully saturated rings. The van der Waals surface area contributed by atoms with E-state index in [1.54, 1.807) is 38.3 Å². The zero-order chi connectivity index (χ0) is 18.2. The third-order valence-electron chi connectivity index (χ3n) is 3.45. The summed E-state index contributed by atoms with van der Waals surface area (Å²) in [7, 11) is 1.56. The van der Waals surface area contributed by atoms with Crippen molar-refractivity contribution in [3.63, 3.8) is 0 Å². The number of ether oxygens (including phenoxy) is 1. The predicted molar refractivity (Wildman–Crippen MR) is 94.4 cm³/mol. The van der Waals surface area contributed by atoms with Crippen LogP contribution in [0, 0.1) is 12.7 Å². The lowest BCUT2D eigenvalue weighted by atomic mass is 10.2. The molecule has 0 aliphatic rings. The fourth-order valence-corrected chi connectivity index (χ4v) is 2.12. The number of benzene rings is 2. The lowest BCUT2D eigenvalue weighted by Crippen LogP contribution is -2.31. The smallest absolute Gasteiger partial charge is 0.319 e. The minimum absolute atomic E-state index is 0.104. The number of halogens is 1. The molecule has 0 aliphatic heterocycles. The van der Waals surface area contributed by atoms with Crippen LogP contribution in [-0.2, 0) is 4.79 Å².